The van der Waals surface area contributed by atoms with Crippen molar-refractivity contribution in [2.75, 3.05) is 13.2 Å². The number of carbonyl (C=O) groups excluding carboxylic acids is 1. The number of alkyl halides is 1. The molecule has 1 saturated heterocycles. The molecule has 1 atom stereocenters. The Labute approximate surface area is 168 Å². The van der Waals surface area contributed by atoms with E-state index in [2.05, 4.69) is 6.92 Å². The summed E-state index contributed by atoms with van der Waals surface area (Å²) in [4.78, 5) is 11.9. The largest absolute Gasteiger partial charge is 0.425 e. The lowest BCUT2D eigenvalue weighted by molar-refractivity contribution is -0.206. The first-order valence-electron chi connectivity index (χ1n) is 10.3. The Morgan fingerprint density at radius 1 is 1.07 bits per heavy atom. The van der Waals surface area contributed by atoms with Crippen molar-refractivity contribution in [1.82, 2.24) is 0 Å². The minimum atomic E-state index is -0.599. The van der Waals surface area contributed by atoms with E-state index in [1.807, 2.05) is 19.1 Å². The van der Waals surface area contributed by atoms with Gasteiger partial charge in [0.1, 0.15) is 11.1 Å². The predicted octanol–water partition coefficient (Wildman–Crippen LogP) is 6.02. The first kappa shape index (κ1) is 22.2. The van der Waals surface area contributed by atoms with Gasteiger partial charge < -0.3 is 14.2 Å². The summed E-state index contributed by atoms with van der Waals surface area (Å²) < 4.78 is 17.1. The van der Waals surface area contributed by atoms with Crippen LogP contribution in [0.2, 0.25) is 0 Å². The van der Waals surface area contributed by atoms with Crippen LogP contribution >= 0.6 is 11.6 Å². The maximum atomic E-state index is 11.9. The van der Waals surface area contributed by atoms with E-state index in [9.17, 15) is 4.79 Å². The SMILES string of the molecule is CCCCCCCC1COC(c2ccc(OC(=O)C(Cl)CCC)cc2)OC1. The maximum Gasteiger partial charge on any atom is 0.329 e. The minimum absolute atomic E-state index is 0.341. The van der Waals surface area contributed by atoms with Gasteiger partial charge in [-0.15, -0.1) is 11.6 Å². The van der Waals surface area contributed by atoms with Gasteiger partial charge in [-0.1, -0.05) is 64.5 Å². The average Bonchev–Trinajstić information content (AvgIpc) is 2.69. The summed E-state index contributed by atoms with van der Waals surface area (Å²) >= 11 is 5.99. The van der Waals surface area contributed by atoms with Crippen LogP contribution in [0.15, 0.2) is 24.3 Å². The van der Waals surface area contributed by atoms with E-state index >= 15 is 0 Å². The zero-order valence-electron chi connectivity index (χ0n) is 16.6. The van der Waals surface area contributed by atoms with Crippen molar-refractivity contribution in [1.29, 1.82) is 0 Å². The molecular formula is C22H33ClO4. The first-order chi connectivity index (χ1) is 13.1. The molecule has 4 nitrogen and oxygen atoms in total. The second-order valence-corrected chi connectivity index (χ2v) is 7.84. The zero-order valence-corrected chi connectivity index (χ0v) is 17.4. The first-order valence-corrected chi connectivity index (χ1v) is 10.8. The molecule has 0 amide bonds. The second kappa shape index (κ2) is 12.4. The van der Waals surface area contributed by atoms with Crippen LogP contribution in [-0.2, 0) is 14.3 Å². The summed E-state index contributed by atoms with van der Waals surface area (Å²) in [6, 6.07) is 7.27. The Bertz CT molecular complexity index is 538. The predicted molar refractivity (Wildman–Crippen MR) is 108 cm³/mol. The standard InChI is InChI=1S/C22H33ClO4/c1-3-5-6-7-8-10-17-15-25-22(26-16-17)18-11-13-19(14-12-18)27-21(24)20(23)9-4-2/h11-14,17,20,22H,3-10,15-16H2,1-2H3. The van der Waals surface area contributed by atoms with Crippen molar-refractivity contribution < 1.29 is 19.0 Å². The summed E-state index contributed by atoms with van der Waals surface area (Å²) in [5.41, 5.74) is 0.937. The molecule has 0 spiro atoms. The van der Waals surface area contributed by atoms with Crippen LogP contribution in [0.4, 0.5) is 0 Å². The van der Waals surface area contributed by atoms with Gasteiger partial charge in [0.25, 0.3) is 0 Å². The van der Waals surface area contributed by atoms with Crippen LogP contribution < -0.4 is 4.74 Å². The number of rotatable bonds is 11. The fourth-order valence-electron chi connectivity index (χ4n) is 3.18. The third kappa shape index (κ3) is 7.81. The van der Waals surface area contributed by atoms with E-state index in [4.69, 9.17) is 25.8 Å². The van der Waals surface area contributed by atoms with E-state index in [1.54, 1.807) is 12.1 Å². The fourth-order valence-corrected chi connectivity index (χ4v) is 3.45. The molecule has 0 radical (unpaired) electrons. The quantitative estimate of drug-likeness (QED) is 0.198. The molecule has 0 saturated carbocycles. The molecule has 1 aliphatic heterocycles. The van der Waals surface area contributed by atoms with Crippen LogP contribution in [0.5, 0.6) is 5.75 Å². The van der Waals surface area contributed by atoms with Gasteiger partial charge in [-0.3, -0.25) is 4.79 Å². The third-order valence-corrected chi connectivity index (χ3v) is 5.25. The number of carbonyl (C=O) groups is 1. The van der Waals surface area contributed by atoms with Gasteiger partial charge in [0, 0.05) is 11.5 Å². The minimum Gasteiger partial charge on any atom is -0.425 e. The molecule has 0 bridgehead atoms. The lowest BCUT2D eigenvalue weighted by Crippen LogP contribution is -2.27. The van der Waals surface area contributed by atoms with E-state index < -0.39 is 11.3 Å². The molecule has 27 heavy (non-hydrogen) atoms. The Balaban J connectivity index is 1.72. The molecule has 0 aromatic heterocycles. The van der Waals surface area contributed by atoms with Gasteiger partial charge in [-0.05, 0) is 25.0 Å². The van der Waals surface area contributed by atoms with Crippen molar-refractivity contribution in [2.45, 2.75) is 76.9 Å². The lowest BCUT2D eigenvalue weighted by atomic mass is 10.0. The lowest BCUT2D eigenvalue weighted by Gasteiger charge is -2.29. The van der Waals surface area contributed by atoms with Crippen LogP contribution in [0.3, 0.4) is 0 Å². The summed E-state index contributed by atoms with van der Waals surface area (Å²) in [6.07, 6.45) is 8.77. The van der Waals surface area contributed by atoms with Crippen LogP contribution in [-0.4, -0.2) is 24.6 Å². The molecule has 1 fully saturated rings. The number of halogens is 1. The number of hydrogen-bond donors (Lipinski definition) is 0. The van der Waals surface area contributed by atoms with Gasteiger partial charge in [0.15, 0.2) is 6.29 Å². The molecule has 1 aromatic rings. The number of esters is 1. The van der Waals surface area contributed by atoms with Crippen LogP contribution in [0.1, 0.15) is 77.1 Å². The van der Waals surface area contributed by atoms with Crippen molar-refractivity contribution in [3.05, 3.63) is 29.8 Å². The van der Waals surface area contributed by atoms with Gasteiger partial charge >= 0.3 is 5.97 Å². The van der Waals surface area contributed by atoms with Crippen LogP contribution in [0.25, 0.3) is 0 Å². The highest BCUT2D eigenvalue weighted by Gasteiger charge is 2.23. The molecule has 5 heteroatoms. The number of hydrogen-bond acceptors (Lipinski definition) is 4. The zero-order chi connectivity index (χ0) is 19.5. The van der Waals surface area contributed by atoms with E-state index in [0.717, 1.165) is 25.2 Å². The van der Waals surface area contributed by atoms with Crippen molar-refractivity contribution in [3.63, 3.8) is 0 Å². The maximum absolute atomic E-state index is 11.9. The Morgan fingerprint density at radius 2 is 1.74 bits per heavy atom. The highest BCUT2D eigenvalue weighted by atomic mass is 35.5. The topological polar surface area (TPSA) is 44.8 Å². The highest BCUT2D eigenvalue weighted by molar-refractivity contribution is 6.30. The normalized spacial score (nSPS) is 21.0. The summed E-state index contributed by atoms with van der Waals surface area (Å²) in [7, 11) is 0. The highest BCUT2D eigenvalue weighted by Crippen LogP contribution is 2.28. The van der Waals surface area contributed by atoms with Crippen molar-refractivity contribution in [2.24, 2.45) is 5.92 Å². The van der Waals surface area contributed by atoms with E-state index in [0.29, 0.717) is 18.1 Å². The number of ether oxygens (including phenoxy) is 3. The van der Waals surface area contributed by atoms with Crippen molar-refractivity contribution >= 4 is 17.6 Å². The van der Waals surface area contributed by atoms with Crippen LogP contribution in [0, 0.1) is 5.92 Å². The fraction of sp³-hybridized carbons (Fsp3) is 0.682. The van der Waals surface area contributed by atoms with Crippen molar-refractivity contribution in [3.8, 4) is 5.75 Å². The van der Waals surface area contributed by atoms with Gasteiger partial charge in [0.05, 0.1) is 13.2 Å². The molecule has 1 unspecified atom stereocenters. The molecular weight excluding hydrogens is 364 g/mol. The third-order valence-electron chi connectivity index (χ3n) is 4.85. The second-order valence-electron chi connectivity index (χ2n) is 7.31. The smallest absolute Gasteiger partial charge is 0.329 e. The molecule has 1 aromatic carbocycles. The van der Waals surface area contributed by atoms with Gasteiger partial charge in [0.2, 0.25) is 0 Å². The molecule has 0 aliphatic carbocycles. The Morgan fingerprint density at radius 3 is 2.37 bits per heavy atom. The summed E-state index contributed by atoms with van der Waals surface area (Å²) in [5.74, 6) is 0.576. The molecule has 1 aliphatic rings. The monoisotopic (exact) mass is 396 g/mol. The van der Waals surface area contributed by atoms with Gasteiger partial charge in [-0.2, -0.15) is 0 Å². The number of benzene rings is 1. The average molecular weight is 397 g/mol. The van der Waals surface area contributed by atoms with Gasteiger partial charge in [-0.25, -0.2) is 0 Å². The van der Waals surface area contributed by atoms with E-state index in [-0.39, 0.29) is 6.29 Å². The molecule has 0 N–H and O–H groups in total. The summed E-state index contributed by atoms with van der Waals surface area (Å²) in [6.45, 7) is 5.69. The molecule has 2 rings (SSSR count). The van der Waals surface area contributed by atoms with E-state index in [1.165, 1.54) is 38.5 Å². The molecule has 1 heterocycles. The Hall–Kier alpha value is -1.10. The Kier molecular flexibility index (Phi) is 10.2. The molecule has 152 valence electrons. The number of unbranched alkanes of at least 4 members (excludes halogenated alkanes) is 4. The summed E-state index contributed by atoms with van der Waals surface area (Å²) in [5, 5.41) is -0.599.